The third-order valence-electron chi connectivity index (χ3n) is 10.9. The van der Waals surface area contributed by atoms with E-state index in [1.165, 1.54) is 51.4 Å². The summed E-state index contributed by atoms with van der Waals surface area (Å²) in [6, 6.07) is 0. The van der Waals surface area contributed by atoms with E-state index in [4.69, 9.17) is 4.74 Å². The Morgan fingerprint density at radius 1 is 1.08 bits per heavy atom. The number of fused-ring (bicyclic) bond motifs is 4. The highest BCUT2D eigenvalue weighted by atomic mass is 16.5. The van der Waals surface area contributed by atoms with Crippen LogP contribution < -0.4 is 0 Å². The molecule has 0 aromatic carbocycles. The Morgan fingerprint density at radius 3 is 2.56 bits per heavy atom. The summed E-state index contributed by atoms with van der Waals surface area (Å²) in [5, 5.41) is 9.80. The summed E-state index contributed by atoms with van der Waals surface area (Å²) in [4.78, 5) is 0. The van der Waals surface area contributed by atoms with Crippen molar-refractivity contribution in [1.82, 2.24) is 0 Å². The molecular formula is C23H38O2. The van der Waals surface area contributed by atoms with Crippen molar-refractivity contribution in [3.05, 3.63) is 0 Å². The van der Waals surface area contributed by atoms with Crippen LogP contribution in [0.15, 0.2) is 0 Å². The highest BCUT2D eigenvalue weighted by Crippen LogP contribution is 2.82. The average molecular weight is 347 g/mol. The number of rotatable bonds is 3. The zero-order valence-corrected chi connectivity index (χ0v) is 16.8. The van der Waals surface area contributed by atoms with Crippen molar-refractivity contribution in [2.24, 2.45) is 51.8 Å². The Kier molecular flexibility index (Phi) is 3.58. The van der Waals surface area contributed by atoms with E-state index >= 15 is 0 Å². The number of aliphatic hydroxyl groups is 1. The van der Waals surface area contributed by atoms with Gasteiger partial charge in [-0.2, -0.15) is 0 Å². The zero-order valence-electron chi connectivity index (χ0n) is 16.8. The molecule has 1 spiro atoms. The van der Waals surface area contributed by atoms with Crippen LogP contribution in [0.25, 0.3) is 0 Å². The van der Waals surface area contributed by atoms with Gasteiger partial charge in [-0.3, -0.25) is 0 Å². The molecule has 0 heterocycles. The lowest BCUT2D eigenvalue weighted by Crippen LogP contribution is -2.57. The highest BCUT2D eigenvalue weighted by Gasteiger charge is 2.77. The molecule has 2 unspecified atom stereocenters. The first-order valence-corrected chi connectivity index (χ1v) is 11.1. The van der Waals surface area contributed by atoms with Crippen LogP contribution in [0.4, 0.5) is 0 Å². The van der Waals surface area contributed by atoms with Crippen LogP contribution in [0.1, 0.15) is 72.1 Å². The van der Waals surface area contributed by atoms with E-state index in [9.17, 15) is 5.11 Å². The molecule has 0 aromatic rings. The maximum absolute atomic E-state index is 9.80. The summed E-state index contributed by atoms with van der Waals surface area (Å²) in [6.45, 7) is 7.89. The molecule has 0 aliphatic heterocycles. The number of ether oxygens (including phenoxy) is 1. The topological polar surface area (TPSA) is 29.5 Å². The molecule has 5 saturated carbocycles. The predicted molar refractivity (Wildman–Crippen MR) is 100 cm³/mol. The van der Waals surface area contributed by atoms with Crippen molar-refractivity contribution in [1.29, 1.82) is 0 Å². The normalized spacial score (nSPS) is 60.4. The van der Waals surface area contributed by atoms with Crippen molar-refractivity contribution < 1.29 is 9.84 Å². The molecule has 0 saturated heterocycles. The van der Waals surface area contributed by atoms with E-state index in [0.29, 0.717) is 34.9 Å². The van der Waals surface area contributed by atoms with Crippen molar-refractivity contribution >= 4 is 0 Å². The van der Waals surface area contributed by atoms with E-state index in [0.717, 1.165) is 29.6 Å². The van der Waals surface area contributed by atoms with E-state index in [1.807, 2.05) is 7.11 Å². The van der Waals surface area contributed by atoms with Gasteiger partial charge in [0, 0.05) is 19.1 Å². The minimum atomic E-state index is 0.365. The second kappa shape index (κ2) is 5.25. The smallest absolute Gasteiger partial charge is 0.0638 e. The highest BCUT2D eigenvalue weighted by molar-refractivity contribution is 5.26. The summed E-state index contributed by atoms with van der Waals surface area (Å²) in [7, 11) is 1.99. The van der Waals surface area contributed by atoms with Gasteiger partial charge in [0.2, 0.25) is 0 Å². The molecule has 0 radical (unpaired) electrons. The molecule has 10 atom stereocenters. The Labute approximate surface area is 154 Å². The molecule has 5 rings (SSSR count). The van der Waals surface area contributed by atoms with Gasteiger partial charge < -0.3 is 9.84 Å². The maximum Gasteiger partial charge on any atom is 0.0638 e. The average Bonchev–Trinajstić information content (AvgIpc) is 3.12. The van der Waals surface area contributed by atoms with E-state index < -0.39 is 0 Å². The van der Waals surface area contributed by atoms with Gasteiger partial charge in [-0.1, -0.05) is 20.8 Å². The van der Waals surface area contributed by atoms with Gasteiger partial charge in [0.15, 0.2) is 0 Å². The fourth-order valence-corrected chi connectivity index (χ4v) is 9.68. The van der Waals surface area contributed by atoms with Gasteiger partial charge in [-0.15, -0.1) is 0 Å². The van der Waals surface area contributed by atoms with Crippen molar-refractivity contribution in [3.63, 3.8) is 0 Å². The first kappa shape index (κ1) is 17.0. The zero-order chi connectivity index (χ0) is 17.6. The first-order valence-electron chi connectivity index (χ1n) is 11.1. The Hall–Kier alpha value is -0.0800. The summed E-state index contributed by atoms with van der Waals surface area (Å²) in [5.41, 5.74) is 1.56. The lowest BCUT2D eigenvalue weighted by Gasteiger charge is -2.61. The van der Waals surface area contributed by atoms with Crippen LogP contribution in [0, 0.1) is 51.8 Å². The minimum absolute atomic E-state index is 0.365. The summed E-state index contributed by atoms with van der Waals surface area (Å²) in [6.07, 6.45) is 11.8. The summed E-state index contributed by atoms with van der Waals surface area (Å²) >= 11 is 0. The fourth-order valence-electron chi connectivity index (χ4n) is 9.68. The number of methoxy groups -OCH3 is 1. The van der Waals surface area contributed by atoms with Gasteiger partial charge in [-0.05, 0) is 97.7 Å². The minimum Gasteiger partial charge on any atom is -0.396 e. The Balaban J connectivity index is 1.49. The first-order chi connectivity index (χ1) is 11.9. The third kappa shape index (κ3) is 1.85. The number of hydrogen-bond donors (Lipinski definition) is 1. The molecule has 0 aromatic heterocycles. The second-order valence-electron chi connectivity index (χ2n) is 11.1. The van der Waals surface area contributed by atoms with Crippen LogP contribution in [-0.2, 0) is 4.74 Å². The SMILES string of the molecule is COC1C[C@H]2[C@@H]3CC[C@H]([C@H](C)CO)[C@@]3(C)CC[C@@H]2[C@@]2(C)CCC3C[C@]312. The maximum atomic E-state index is 9.80. The quantitative estimate of drug-likeness (QED) is 0.787. The van der Waals surface area contributed by atoms with Crippen molar-refractivity contribution in [2.75, 3.05) is 13.7 Å². The molecule has 2 nitrogen and oxygen atoms in total. The monoisotopic (exact) mass is 346 g/mol. The van der Waals surface area contributed by atoms with Gasteiger partial charge in [-0.25, -0.2) is 0 Å². The van der Waals surface area contributed by atoms with E-state index in [1.54, 1.807) is 0 Å². The van der Waals surface area contributed by atoms with Gasteiger partial charge in [0.25, 0.3) is 0 Å². The molecule has 0 bridgehead atoms. The van der Waals surface area contributed by atoms with Crippen molar-refractivity contribution in [2.45, 2.75) is 78.2 Å². The van der Waals surface area contributed by atoms with Crippen LogP contribution in [-0.4, -0.2) is 24.9 Å². The summed E-state index contributed by atoms with van der Waals surface area (Å²) < 4.78 is 6.20. The molecule has 1 N–H and O–H groups in total. The van der Waals surface area contributed by atoms with Gasteiger partial charge in [0.05, 0.1) is 6.10 Å². The molecule has 5 aliphatic carbocycles. The molecule has 5 aliphatic rings. The van der Waals surface area contributed by atoms with E-state index in [-0.39, 0.29) is 0 Å². The van der Waals surface area contributed by atoms with Gasteiger partial charge >= 0.3 is 0 Å². The number of hydrogen-bond acceptors (Lipinski definition) is 2. The lowest BCUT2D eigenvalue weighted by atomic mass is 9.45. The second-order valence-corrected chi connectivity index (χ2v) is 11.1. The predicted octanol–water partition coefficient (Wildman–Crippen LogP) is 4.90. The Bertz CT molecular complexity index is 560. The molecule has 25 heavy (non-hydrogen) atoms. The van der Waals surface area contributed by atoms with Crippen LogP contribution in [0.5, 0.6) is 0 Å². The molecule has 142 valence electrons. The number of aliphatic hydroxyl groups excluding tert-OH is 1. The molecule has 2 heteroatoms. The van der Waals surface area contributed by atoms with Crippen LogP contribution in [0.2, 0.25) is 0 Å². The summed E-state index contributed by atoms with van der Waals surface area (Å²) in [5.74, 6) is 4.85. The largest absolute Gasteiger partial charge is 0.396 e. The van der Waals surface area contributed by atoms with Gasteiger partial charge in [0.1, 0.15) is 0 Å². The lowest BCUT2D eigenvalue weighted by molar-refractivity contribution is -0.161. The van der Waals surface area contributed by atoms with E-state index in [2.05, 4.69) is 20.8 Å². The molecule has 0 amide bonds. The Morgan fingerprint density at radius 2 is 1.88 bits per heavy atom. The third-order valence-corrected chi connectivity index (χ3v) is 10.9. The molecular weight excluding hydrogens is 308 g/mol. The standard InChI is InChI=1S/C23H38O2/c1-14(13-24)17-5-6-18-16-11-20(25-4)23-12-15(23)7-10-22(23,3)19(16)8-9-21(17,18)2/h14-20,24H,5-13H2,1-4H3/t14-,15?,16+,17-,18+,19+,20?,21-,22-,23+/m1/s1. The van der Waals surface area contributed by atoms with Crippen LogP contribution in [0.3, 0.4) is 0 Å². The molecule has 5 fully saturated rings. The fraction of sp³-hybridized carbons (Fsp3) is 1.00. The van der Waals surface area contributed by atoms with Crippen LogP contribution >= 0.6 is 0 Å². The van der Waals surface area contributed by atoms with Crippen molar-refractivity contribution in [3.8, 4) is 0 Å².